The fraction of sp³-hybridized carbons (Fsp3) is 0.687. The molecule has 0 bridgehead atoms. The van der Waals surface area contributed by atoms with Gasteiger partial charge in [-0.05, 0) is 103 Å². The largest absolute Gasteiger partial charge is 0.462 e. The number of carbonyl (C=O) groups is 2. The molecule has 88 heavy (non-hydrogen) atoms. The molecule has 0 spiro atoms. The second-order valence-corrected chi connectivity index (χ2v) is 24.7. The summed E-state index contributed by atoms with van der Waals surface area (Å²) in [6, 6.07) is 0. The smallest absolute Gasteiger partial charge is 0.306 e. The summed E-state index contributed by atoms with van der Waals surface area (Å²) in [6.45, 7) is 4.04. The van der Waals surface area contributed by atoms with Crippen molar-refractivity contribution in [2.45, 2.75) is 354 Å². The van der Waals surface area contributed by atoms with Gasteiger partial charge in [0.25, 0.3) is 0 Å². The minimum atomic E-state index is -0.796. The van der Waals surface area contributed by atoms with Crippen LogP contribution in [-0.2, 0) is 19.1 Å². The van der Waals surface area contributed by atoms with Crippen LogP contribution in [0.25, 0.3) is 0 Å². The van der Waals surface area contributed by atoms with Crippen molar-refractivity contribution < 1.29 is 24.2 Å². The van der Waals surface area contributed by atoms with Crippen molar-refractivity contribution in [1.82, 2.24) is 0 Å². The Morgan fingerprint density at radius 1 is 0.273 bits per heavy atom. The van der Waals surface area contributed by atoms with E-state index in [4.69, 9.17) is 9.47 Å². The van der Waals surface area contributed by atoms with Crippen molar-refractivity contribution in [3.05, 3.63) is 146 Å². The topological polar surface area (TPSA) is 72.8 Å². The summed E-state index contributed by atoms with van der Waals surface area (Å²) in [4.78, 5) is 24.7. The van der Waals surface area contributed by atoms with Crippen LogP contribution in [0.3, 0.4) is 0 Å². The molecule has 1 unspecified atom stereocenters. The molecule has 0 aliphatic carbocycles. The van der Waals surface area contributed by atoms with Gasteiger partial charge in [0.05, 0.1) is 6.61 Å². The van der Waals surface area contributed by atoms with E-state index in [0.717, 1.165) is 128 Å². The van der Waals surface area contributed by atoms with Gasteiger partial charge in [0.15, 0.2) is 6.10 Å². The molecule has 5 nitrogen and oxygen atoms in total. The zero-order valence-electron chi connectivity index (χ0n) is 57.7. The molecular formula is C83H140O5. The average Bonchev–Trinajstić information content (AvgIpc) is 3.56. The van der Waals surface area contributed by atoms with Gasteiger partial charge < -0.3 is 14.6 Å². The Morgan fingerprint density at radius 2 is 0.489 bits per heavy atom. The molecule has 0 aliphatic heterocycles. The Labute approximate surface area is 546 Å². The summed E-state index contributed by atoms with van der Waals surface area (Å²) in [6.07, 6.45) is 116. The predicted octanol–water partition coefficient (Wildman–Crippen LogP) is 26.4. The molecule has 0 fully saturated rings. The number of unbranched alkanes of at least 4 members (excludes halogenated alkanes) is 36. The Hall–Kier alpha value is -4.22. The molecule has 502 valence electrons. The van der Waals surface area contributed by atoms with E-state index in [1.165, 1.54) is 193 Å². The Kier molecular flexibility index (Phi) is 73.3. The first-order valence-electron chi connectivity index (χ1n) is 37.4. The maximum absolute atomic E-state index is 12.4. The average molecular weight is 1220 g/mol. The lowest BCUT2D eigenvalue weighted by Crippen LogP contribution is -2.28. The first kappa shape index (κ1) is 83.8. The predicted molar refractivity (Wildman–Crippen MR) is 389 cm³/mol. The fourth-order valence-corrected chi connectivity index (χ4v) is 10.6. The number of aliphatic hydroxyl groups excluding tert-OH is 1. The molecule has 0 amide bonds. The molecule has 0 saturated heterocycles. The maximum Gasteiger partial charge on any atom is 0.306 e. The third-order valence-corrected chi connectivity index (χ3v) is 16.1. The van der Waals surface area contributed by atoms with Gasteiger partial charge in [-0.1, -0.05) is 378 Å². The van der Waals surface area contributed by atoms with E-state index in [9.17, 15) is 14.7 Å². The number of hydrogen-bond acceptors (Lipinski definition) is 5. The molecule has 0 aromatic carbocycles. The van der Waals surface area contributed by atoms with Gasteiger partial charge in [-0.25, -0.2) is 0 Å². The number of esters is 2. The summed E-state index contributed by atoms with van der Waals surface area (Å²) in [5.41, 5.74) is 0. The Balaban J connectivity index is 3.56. The number of aliphatic hydroxyl groups is 1. The summed E-state index contributed by atoms with van der Waals surface area (Å²) in [7, 11) is 0. The van der Waals surface area contributed by atoms with E-state index in [1.807, 2.05) is 0 Å². The zero-order chi connectivity index (χ0) is 63.3. The van der Waals surface area contributed by atoms with E-state index < -0.39 is 6.10 Å². The van der Waals surface area contributed by atoms with Gasteiger partial charge in [-0.3, -0.25) is 9.59 Å². The van der Waals surface area contributed by atoms with Gasteiger partial charge in [0, 0.05) is 12.8 Å². The van der Waals surface area contributed by atoms with Crippen molar-refractivity contribution >= 4 is 11.9 Å². The number of hydrogen-bond donors (Lipinski definition) is 1. The molecular weight excluding hydrogens is 1080 g/mol. The van der Waals surface area contributed by atoms with Crippen LogP contribution in [0, 0.1) is 0 Å². The summed E-state index contributed by atoms with van der Waals surface area (Å²) < 4.78 is 10.7. The van der Waals surface area contributed by atoms with Crippen LogP contribution in [0.5, 0.6) is 0 Å². The lowest BCUT2D eigenvalue weighted by molar-refractivity contribution is -0.161. The van der Waals surface area contributed by atoms with Gasteiger partial charge >= 0.3 is 11.9 Å². The number of rotatable bonds is 68. The molecule has 0 saturated carbocycles. The highest BCUT2D eigenvalue weighted by molar-refractivity contribution is 5.70. The molecule has 1 N–H and O–H groups in total. The zero-order valence-corrected chi connectivity index (χ0v) is 57.7. The second-order valence-electron chi connectivity index (χ2n) is 24.7. The molecule has 5 heteroatoms. The van der Waals surface area contributed by atoms with E-state index in [0.29, 0.717) is 12.8 Å². The number of carbonyl (C=O) groups excluding carboxylic acids is 2. The Morgan fingerprint density at radius 3 is 0.739 bits per heavy atom. The van der Waals surface area contributed by atoms with Crippen molar-refractivity contribution in [3.8, 4) is 0 Å². The maximum atomic E-state index is 12.4. The lowest BCUT2D eigenvalue weighted by atomic mass is 10.0. The third-order valence-electron chi connectivity index (χ3n) is 16.1. The van der Waals surface area contributed by atoms with E-state index >= 15 is 0 Å². The Bertz CT molecular complexity index is 1810. The first-order chi connectivity index (χ1) is 43.6. The molecule has 0 radical (unpaired) electrons. The van der Waals surface area contributed by atoms with Gasteiger partial charge in [0.2, 0.25) is 0 Å². The minimum absolute atomic E-state index is 0.0810. The van der Waals surface area contributed by atoms with Crippen LogP contribution < -0.4 is 0 Å². The molecule has 0 heterocycles. The van der Waals surface area contributed by atoms with E-state index in [2.05, 4.69) is 160 Å². The van der Waals surface area contributed by atoms with Crippen LogP contribution in [0.1, 0.15) is 348 Å². The standard InChI is InChI=1S/C83H140O5/c1-3-5-7-9-11-13-15-17-19-21-23-25-27-29-31-33-35-37-38-39-40-41-42-43-44-46-48-50-52-54-56-58-60-62-64-66-68-70-72-74-76-78-83(86)88-81(79-84)80-87-82(85)77-75-73-71-69-67-65-63-61-59-57-55-53-51-49-47-45-36-34-32-30-28-26-24-22-20-18-16-14-12-10-8-6-4-2/h5,7,11,13,17,19,23,25,29,31,35,37,39-40,42-43,46,48,52,54,58,60,64,66,81,84H,3-4,6,8-10,12,14-16,18,20-22,24,26-28,30,32-34,36,38,41,44-45,47,49-51,53,55-57,59,61-63,65,67-80H2,1-2H3/b7-5-,13-11-,19-17-,25-23-,31-29-,37-35-,40-39-,43-42-,48-46-,54-52-,60-58-,66-64-. The monoisotopic (exact) mass is 1220 g/mol. The fourth-order valence-electron chi connectivity index (χ4n) is 10.6. The second kappa shape index (κ2) is 77.0. The van der Waals surface area contributed by atoms with Gasteiger partial charge in [0.1, 0.15) is 6.61 Å². The van der Waals surface area contributed by atoms with Crippen LogP contribution in [0.15, 0.2) is 146 Å². The number of ether oxygens (including phenoxy) is 2. The summed E-state index contributed by atoms with van der Waals surface area (Å²) in [5.74, 6) is -0.615. The summed E-state index contributed by atoms with van der Waals surface area (Å²) >= 11 is 0. The van der Waals surface area contributed by atoms with E-state index in [1.54, 1.807) is 0 Å². The summed E-state index contributed by atoms with van der Waals surface area (Å²) in [5, 5.41) is 9.71. The van der Waals surface area contributed by atoms with Crippen molar-refractivity contribution in [1.29, 1.82) is 0 Å². The minimum Gasteiger partial charge on any atom is -0.462 e. The molecule has 0 aromatic rings. The first-order valence-corrected chi connectivity index (χ1v) is 37.4. The van der Waals surface area contributed by atoms with Crippen molar-refractivity contribution in [2.75, 3.05) is 13.2 Å². The number of allylic oxidation sites excluding steroid dienone is 24. The molecule has 0 rings (SSSR count). The highest BCUT2D eigenvalue weighted by Gasteiger charge is 2.16. The quantitative estimate of drug-likeness (QED) is 0.0373. The normalized spacial score (nSPS) is 13.1. The van der Waals surface area contributed by atoms with Crippen LogP contribution in [0.2, 0.25) is 0 Å². The highest BCUT2D eigenvalue weighted by Crippen LogP contribution is 2.18. The highest BCUT2D eigenvalue weighted by atomic mass is 16.6. The van der Waals surface area contributed by atoms with Gasteiger partial charge in [-0.15, -0.1) is 0 Å². The molecule has 0 aromatic heterocycles. The van der Waals surface area contributed by atoms with Crippen LogP contribution in [-0.4, -0.2) is 36.4 Å². The SMILES string of the molecule is CC/C=C\C/C=C\C/C=C\C/C=C\C/C=C\C/C=C\C/C=C\C/C=C\C/C=C\C/C=C\C/C=C\C/C=C\CCCCCCC(=O)OC(CO)COC(=O)CCCCCCCCCCCCCCCCCCCCCCCCCCCCCCCCCCC. The van der Waals surface area contributed by atoms with Crippen molar-refractivity contribution in [3.63, 3.8) is 0 Å². The van der Waals surface area contributed by atoms with Crippen LogP contribution in [0.4, 0.5) is 0 Å². The van der Waals surface area contributed by atoms with Gasteiger partial charge in [-0.2, -0.15) is 0 Å². The van der Waals surface area contributed by atoms with Crippen LogP contribution >= 0.6 is 0 Å². The lowest BCUT2D eigenvalue weighted by Gasteiger charge is -2.15. The van der Waals surface area contributed by atoms with E-state index in [-0.39, 0.29) is 25.2 Å². The third kappa shape index (κ3) is 74.2. The molecule has 0 aliphatic rings. The molecule has 1 atom stereocenters. The van der Waals surface area contributed by atoms with Crippen molar-refractivity contribution in [2.24, 2.45) is 0 Å².